The van der Waals surface area contributed by atoms with Gasteiger partial charge in [0.1, 0.15) is 0 Å². The molecule has 2 N–H and O–H groups in total. The number of hydrogen-bond acceptors (Lipinski definition) is 3. The zero-order valence-electron chi connectivity index (χ0n) is 10.5. The predicted octanol–water partition coefficient (Wildman–Crippen LogP) is 0.916. The Kier molecular flexibility index (Phi) is 6.52. The average Bonchev–Trinajstić information content (AvgIpc) is 2.01. The Hall–Kier alpha value is -0.610. The number of rotatable bonds is 7. The van der Waals surface area contributed by atoms with Crippen LogP contribution in [0.25, 0.3) is 0 Å². The summed E-state index contributed by atoms with van der Waals surface area (Å²) in [6, 6.07) is 0.212. The largest absolute Gasteiger partial charge is 0.383 e. The third kappa shape index (κ3) is 8.39. The minimum Gasteiger partial charge on any atom is -0.383 e. The van der Waals surface area contributed by atoms with Gasteiger partial charge < -0.3 is 15.4 Å². The molecule has 0 aliphatic carbocycles. The first-order valence-electron chi connectivity index (χ1n) is 5.41. The van der Waals surface area contributed by atoms with Crippen LogP contribution in [0.4, 0.5) is 0 Å². The Morgan fingerprint density at radius 1 is 1.40 bits per heavy atom. The fraction of sp³-hybridized carbons (Fsp3) is 0.909. The molecule has 0 aromatic carbocycles. The summed E-state index contributed by atoms with van der Waals surface area (Å²) >= 11 is 0. The van der Waals surface area contributed by atoms with Gasteiger partial charge in [-0.15, -0.1) is 0 Å². The summed E-state index contributed by atoms with van der Waals surface area (Å²) in [6.45, 7) is 9.34. The second-order valence-corrected chi connectivity index (χ2v) is 4.72. The van der Waals surface area contributed by atoms with E-state index < -0.39 is 0 Å². The van der Waals surface area contributed by atoms with Gasteiger partial charge in [0.15, 0.2) is 0 Å². The van der Waals surface area contributed by atoms with Gasteiger partial charge >= 0.3 is 0 Å². The van der Waals surface area contributed by atoms with Gasteiger partial charge in [-0.3, -0.25) is 4.79 Å². The van der Waals surface area contributed by atoms with E-state index in [0.717, 1.165) is 0 Å². The highest BCUT2D eigenvalue weighted by Crippen LogP contribution is 2.01. The number of carbonyl (C=O) groups is 1. The maximum Gasteiger partial charge on any atom is 0.221 e. The maximum atomic E-state index is 11.3. The predicted molar refractivity (Wildman–Crippen MR) is 61.9 cm³/mol. The lowest BCUT2D eigenvalue weighted by atomic mass is 10.1. The number of amides is 1. The molecule has 0 unspecified atom stereocenters. The molecular formula is C11H24N2O2. The Morgan fingerprint density at radius 2 is 2.00 bits per heavy atom. The van der Waals surface area contributed by atoms with Crippen LogP contribution in [0.3, 0.4) is 0 Å². The lowest BCUT2D eigenvalue weighted by molar-refractivity contribution is -0.121. The van der Waals surface area contributed by atoms with Crippen LogP contribution in [0.15, 0.2) is 0 Å². The molecule has 0 aromatic heterocycles. The van der Waals surface area contributed by atoms with E-state index in [9.17, 15) is 4.79 Å². The van der Waals surface area contributed by atoms with E-state index >= 15 is 0 Å². The summed E-state index contributed by atoms with van der Waals surface area (Å²) in [5.74, 6) is 0.0886. The van der Waals surface area contributed by atoms with Gasteiger partial charge in [0, 0.05) is 31.7 Å². The standard InChI is InChI=1S/C11H24N2O2/c1-9(2)13-10(14)6-7-12-11(3,4)8-15-5/h9,12H,6-8H2,1-5H3,(H,13,14). The van der Waals surface area contributed by atoms with Gasteiger partial charge in [-0.25, -0.2) is 0 Å². The van der Waals surface area contributed by atoms with Crippen LogP contribution in [-0.4, -0.2) is 37.7 Å². The number of nitrogens with one attached hydrogen (secondary N) is 2. The summed E-state index contributed by atoms with van der Waals surface area (Å²) in [6.07, 6.45) is 0.505. The molecule has 0 aliphatic rings. The van der Waals surface area contributed by atoms with Crippen molar-refractivity contribution >= 4 is 5.91 Å². The molecule has 0 heterocycles. The van der Waals surface area contributed by atoms with E-state index in [1.807, 2.05) is 13.8 Å². The van der Waals surface area contributed by atoms with Crippen molar-refractivity contribution in [3.05, 3.63) is 0 Å². The molecule has 0 aliphatic heterocycles. The summed E-state index contributed by atoms with van der Waals surface area (Å²) in [5, 5.41) is 6.13. The van der Waals surface area contributed by atoms with Crippen molar-refractivity contribution in [2.75, 3.05) is 20.3 Å². The molecular weight excluding hydrogens is 192 g/mol. The molecule has 0 aromatic rings. The smallest absolute Gasteiger partial charge is 0.221 e. The topological polar surface area (TPSA) is 50.4 Å². The first-order valence-corrected chi connectivity index (χ1v) is 5.41. The first kappa shape index (κ1) is 14.4. The molecule has 0 bridgehead atoms. The lowest BCUT2D eigenvalue weighted by Crippen LogP contribution is -2.45. The Morgan fingerprint density at radius 3 is 2.47 bits per heavy atom. The highest BCUT2D eigenvalue weighted by molar-refractivity contribution is 5.76. The third-order valence-corrected chi connectivity index (χ3v) is 1.91. The van der Waals surface area contributed by atoms with Crippen molar-refractivity contribution in [3.63, 3.8) is 0 Å². The summed E-state index contributed by atoms with van der Waals surface area (Å²) < 4.78 is 5.07. The van der Waals surface area contributed by atoms with Crippen LogP contribution in [-0.2, 0) is 9.53 Å². The number of hydrogen-bond donors (Lipinski definition) is 2. The molecule has 0 rings (SSSR count). The summed E-state index contributed by atoms with van der Waals surface area (Å²) in [4.78, 5) is 11.3. The molecule has 90 valence electrons. The third-order valence-electron chi connectivity index (χ3n) is 1.91. The molecule has 15 heavy (non-hydrogen) atoms. The van der Waals surface area contributed by atoms with Gasteiger partial charge in [0.25, 0.3) is 0 Å². The Balaban J connectivity index is 3.65. The van der Waals surface area contributed by atoms with E-state index in [0.29, 0.717) is 19.6 Å². The van der Waals surface area contributed by atoms with Crippen molar-refractivity contribution in [1.29, 1.82) is 0 Å². The van der Waals surface area contributed by atoms with Crippen molar-refractivity contribution in [3.8, 4) is 0 Å². The van der Waals surface area contributed by atoms with E-state index in [1.54, 1.807) is 7.11 Å². The number of ether oxygens (including phenoxy) is 1. The number of carbonyl (C=O) groups excluding carboxylic acids is 1. The van der Waals surface area contributed by atoms with Crippen molar-refractivity contribution in [2.24, 2.45) is 0 Å². The average molecular weight is 216 g/mol. The highest BCUT2D eigenvalue weighted by Gasteiger charge is 2.16. The second-order valence-electron chi connectivity index (χ2n) is 4.72. The van der Waals surface area contributed by atoms with Crippen LogP contribution < -0.4 is 10.6 Å². The monoisotopic (exact) mass is 216 g/mol. The fourth-order valence-electron chi connectivity index (χ4n) is 1.32. The van der Waals surface area contributed by atoms with Crippen LogP contribution in [0.1, 0.15) is 34.1 Å². The molecule has 4 nitrogen and oxygen atoms in total. The minimum absolute atomic E-state index is 0.0765. The second kappa shape index (κ2) is 6.80. The van der Waals surface area contributed by atoms with Crippen molar-refractivity contribution in [1.82, 2.24) is 10.6 Å². The van der Waals surface area contributed by atoms with E-state index in [2.05, 4.69) is 24.5 Å². The van der Waals surface area contributed by atoms with Crippen LogP contribution in [0, 0.1) is 0 Å². The molecule has 0 atom stereocenters. The molecule has 4 heteroatoms. The maximum absolute atomic E-state index is 11.3. The molecule has 0 saturated heterocycles. The number of methoxy groups -OCH3 is 1. The van der Waals surface area contributed by atoms with Crippen LogP contribution in [0.2, 0.25) is 0 Å². The zero-order valence-corrected chi connectivity index (χ0v) is 10.5. The van der Waals surface area contributed by atoms with E-state index in [-0.39, 0.29) is 17.5 Å². The molecule has 0 fully saturated rings. The van der Waals surface area contributed by atoms with E-state index in [4.69, 9.17) is 4.74 Å². The minimum atomic E-state index is -0.0765. The van der Waals surface area contributed by atoms with E-state index in [1.165, 1.54) is 0 Å². The molecule has 0 saturated carbocycles. The SMILES string of the molecule is COCC(C)(C)NCCC(=O)NC(C)C. The van der Waals surface area contributed by atoms with Crippen LogP contribution >= 0.6 is 0 Å². The molecule has 1 amide bonds. The normalized spacial score (nSPS) is 11.9. The lowest BCUT2D eigenvalue weighted by Gasteiger charge is -2.25. The summed E-state index contributed by atoms with van der Waals surface area (Å²) in [7, 11) is 1.68. The Labute approximate surface area is 92.8 Å². The molecule has 0 spiro atoms. The fourth-order valence-corrected chi connectivity index (χ4v) is 1.32. The quantitative estimate of drug-likeness (QED) is 0.665. The molecule has 0 radical (unpaired) electrons. The van der Waals surface area contributed by atoms with Gasteiger partial charge in [-0.2, -0.15) is 0 Å². The summed E-state index contributed by atoms with van der Waals surface area (Å²) in [5.41, 5.74) is -0.0765. The van der Waals surface area contributed by atoms with Gasteiger partial charge in [0.2, 0.25) is 5.91 Å². The van der Waals surface area contributed by atoms with Crippen LogP contribution in [0.5, 0.6) is 0 Å². The highest BCUT2D eigenvalue weighted by atomic mass is 16.5. The van der Waals surface area contributed by atoms with Gasteiger partial charge in [-0.1, -0.05) is 0 Å². The zero-order chi connectivity index (χ0) is 11.9. The van der Waals surface area contributed by atoms with Crippen molar-refractivity contribution in [2.45, 2.75) is 45.7 Å². The Bertz CT molecular complexity index is 191. The van der Waals surface area contributed by atoms with Gasteiger partial charge in [-0.05, 0) is 27.7 Å². The van der Waals surface area contributed by atoms with Gasteiger partial charge in [0.05, 0.1) is 6.61 Å². The first-order chi connectivity index (χ1) is 6.87. The van der Waals surface area contributed by atoms with Crippen molar-refractivity contribution < 1.29 is 9.53 Å².